The van der Waals surface area contributed by atoms with E-state index in [0.717, 1.165) is 16.6 Å². The van der Waals surface area contributed by atoms with E-state index in [0.29, 0.717) is 24.6 Å². The van der Waals surface area contributed by atoms with Gasteiger partial charge in [0.25, 0.3) is 0 Å². The van der Waals surface area contributed by atoms with Crippen LogP contribution in [0.3, 0.4) is 0 Å². The molecule has 9 nitrogen and oxygen atoms in total. The van der Waals surface area contributed by atoms with E-state index in [1.807, 2.05) is 42.3 Å². The normalized spacial score (nSPS) is 15.5. The number of rotatable bonds is 4. The maximum Gasteiger partial charge on any atom is 0.239 e. The zero-order valence-corrected chi connectivity index (χ0v) is 15.3. The number of hydrogen-bond donors (Lipinski definition) is 2. The Bertz CT molecular complexity index is 992. The van der Waals surface area contributed by atoms with Crippen molar-refractivity contribution in [3.05, 3.63) is 30.3 Å². The molecule has 1 aliphatic rings. The van der Waals surface area contributed by atoms with Gasteiger partial charge in [0.05, 0.1) is 18.5 Å². The Morgan fingerprint density at radius 3 is 2.74 bits per heavy atom. The Morgan fingerprint density at radius 1 is 1.22 bits per heavy atom. The predicted molar refractivity (Wildman–Crippen MR) is 101 cm³/mol. The van der Waals surface area contributed by atoms with E-state index >= 15 is 0 Å². The quantitative estimate of drug-likeness (QED) is 0.706. The third-order valence-electron chi connectivity index (χ3n) is 4.76. The van der Waals surface area contributed by atoms with Gasteiger partial charge in [-0.05, 0) is 0 Å². The molecule has 9 heteroatoms. The van der Waals surface area contributed by atoms with E-state index < -0.39 is 0 Å². The number of aromatic nitrogens is 4. The van der Waals surface area contributed by atoms with Crippen molar-refractivity contribution in [2.75, 3.05) is 38.5 Å². The van der Waals surface area contributed by atoms with Crippen LogP contribution in [0.25, 0.3) is 22.3 Å². The van der Waals surface area contributed by atoms with Crippen LogP contribution < -0.4 is 5.32 Å². The Morgan fingerprint density at radius 2 is 2.00 bits per heavy atom. The Kier molecular flexibility index (Phi) is 4.36. The molecule has 1 fully saturated rings. The number of piperazine rings is 1. The first-order chi connectivity index (χ1) is 13.0. The standard InChI is InChI=1S/C18H21N7O2/c1-23-8-9-25(11-14(23)27)10-13(26)19-17-15-16(12-6-4-3-5-7-12)22-24(2)18(15)21-20-17/h3-7H,8-11H2,1-2H3,(H2,19,20,21,26). The van der Waals surface area contributed by atoms with Gasteiger partial charge in [-0.25, -0.2) is 4.68 Å². The number of fused-ring (bicyclic) bond motifs is 1. The number of likely N-dealkylation sites (N-methyl/N-ethyl adjacent to an activating group) is 1. The number of benzene rings is 1. The average Bonchev–Trinajstić information content (AvgIpc) is 3.21. The van der Waals surface area contributed by atoms with Crippen LogP contribution in [0.2, 0.25) is 0 Å². The van der Waals surface area contributed by atoms with E-state index in [2.05, 4.69) is 20.6 Å². The van der Waals surface area contributed by atoms with Gasteiger partial charge in [-0.2, -0.15) is 10.2 Å². The summed E-state index contributed by atoms with van der Waals surface area (Å²) in [6, 6.07) is 9.77. The Balaban J connectivity index is 1.56. The first-order valence-corrected chi connectivity index (χ1v) is 8.75. The van der Waals surface area contributed by atoms with E-state index in [1.54, 1.807) is 16.6 Å². The number of aryl methyl sites for hydroxylation is 1. The molecule has 0 bridgehead atoms. The highest BCUT2D eigenvalue weighted by molar-refractivity contribution is 6.05. The summed E-state index contributed by atoms with van der Waals surface area (Å²) in [4.78, 5) is 27.8. The SMILES string of the molecule is CN1CCN(CC(=O)Nc2[nH]nc3c2c(-c2ccccc2)nn3C)CC1=O. The van der Waals surface area contributed by atoms with Crippen molar-refractivity contribution < 1.29 is 9.59 Å². The second-order valence-corrected chi connectivity index (χ2v) is 6.71. The van der Waals surface area contributed by atoms with Gasteiger partial charge < -0.3 is 10.2 Å². The fourth-order valence-corrected chi connectivity index (χ4v) is 3.25. The zero-order chi connectivity index (χ0) is 19.0. The molecule has 0 aliphatic carbocycles. The average molecular weight is 367 g/mol. The van der Waals surface area contributed by atoms with Crippen molar-refractivity contribution in [1.29, 1.82) is 0 Å². The third-order valence-corrected chi connectivity index (χ3v) is 4.76. The first kappa shape index (κ1) is 17.2. The van der Waals surface area contributed by atoms with Crippen LogP contribution in [0, 0.1) is 0 Å². The van der Waals surface area contributed by atoms with Crippen LogP contribution in [-0.4, -0.2) is 74.8 Å². The van der Waals surface area contributed by atoms with Gasteiger partial charge in [-0.15, -0.1) is 0 Å². The zero-order valence-electron chi connectivity index (χ0n) is 15.3. The molecule has 0 radical (unpaired) electrons. The van der Waals surface area contributed by atoms with Crippen LogP contribution in [0.5, 0.6) is 0 Å². The minimum absolute atomic E-state index is 0.0246. The highest BCUT2D eigenvalue weighted by atomic mass is 16.2. The first-order valence-electron chi connectivity index (χ1n) is 8.75. The lowest BCUT2D eigenvalue weighted by atomic mass is 10.1. The van der Waals surface area contributed by atoms with Crippen LogP contribution in [-0.2, 0) is 16.6 Å². The summed E-state index contributed by atoms with van der Waals surface area (Å²) >= 11 is 0. The molecule has 140 valence electrons. The second-order valence-electron chi connectivity index (χ2n) is 6.71. The lowest BCUT2D eigenvalue weighted by molar-refractivity contribution is -0.135. The summed E-state index contributed by atoms with van der Waals surface area (Å²) in [5, 5.41) is 15.4. The minimum atomic E-state index is -0.194. The largest absolute Gasteiger partial charge is 0.343 e. The minimum Gasteiger partial charge on any atom is -0.343 e. The number of nitrogens with zero attached hydrogens (tertiary/aromatic N) is 5. The van der Waals surface area contributed by atoms with Crippen LogP contribution in [0.1, 0.15) is 0 Å². The van der Waals surface area contributed by atoms with E-state index in [-0.39, 0.29) is 24.9 Å². The molecule has 0 spiro atoms. The number of hydrogen-bond acceptors (Lipinski definition) is 5. The molecule has 2 aromatic heterocycles. The molecule has 0 unspecified atom stereocenters. The number of H-pyrrole nitrogens is 1. The highest BCUT2D eigenvalue weighted by Gasteiger charge is 2.24. The third kappa shape index (κ3) is 3.28. The maximum atomic E-state index is 12.5. The molecule has 3 aromatic rings. The summed E-state index contributed by atoms with van der Waals surface area (Å²) in [7, 11) is 3.59. The molecule has 3 heterocycles. The molecular formula is C18H21N7O2. The fourth-order valence-electron chi connectivity index (χ4n) is 3.25. The molecular weight excluding hydrogens is 346 g/mol. The van der Waals surface area contributed by atoms with Gasteiger partial charge in [0.2, 0.25) is 11.8 Å². The number of amides is 2. The molecule has 2 amide bonds. The molecule has 1 saturated heterocycles. The molecule has 1 aromatic carbocycles. The fraction of sp³-hybridized carbons (Fsp3) is 0.333. The van der Waals surface area contributed by atoms with Crippen molar-refractivity contribution in [3.8, 4) is 11.3 Å². The lowest BCUT2D eigenvalue weighted by Crippen LogP contribution is -2.50. The molecule has 0 saturated carbocycles. The van der Waals surface area contributed by atoms with Gasteiger partial charge >= 0.3 is 0 Å². The number of aromatic amines is 1. The van der Waals surface area contributed by atoms with Crippen LogP contribution >= 0.6 is 0 Å². The second kappa shape index (κ2) is 6.84. The topological polar surface area (TPSA) is 99.1 Å². The summed E-state index contributed by atoms with van der Waals surface area (Å²) in [6.45, 7) is 1.71. The van der Waals surface area contributed by atoms with E-state index in [1.165, 1.54) is 0 Å². The number of nitrogens with one attached hydrogen (secondary N) is 2. The molecule has 27 heavy (non-hydrogen) atoms. The smallest absolute Gasteiger partial charge is 0.239 e. The Labute approximate surface area is 155 Å². The summed E-state index contributed by atoms with van der Waals surface area (Å²) in [6.07, 6.45) is 0. The molecule has 1 aliphatic heterocycles. The van der Waals surface area contributed by atoms with E-state index in [9.17, 15) is 9.59 Å². The van der Waals surface area contributed by atoms with Crippen molar-refractivity contribution in [3.63, 3.8) is 0 Å². The van der Waals surface area contributed by atoms with Crippen molar-refractivity contribution in [2.45, 2.75) is 0 Å². The van der Waals surface area contributed by atoms with Crippen LogP contribution in [0.4, 0.5) is 5.82 Å². The van der Waals surface area contributed by atoms with Crippen LogP contribution in [0.15, 0.2) is 30.3 Å². The lowest BCUT2D eigenvalue weighted by Gasteiger charge is -2.31. The van der Waals surface area contributed by atoms with Crippen molar-refractivity contribution in [1.82, 2.24) is 29.8 Å². The van der Waals surface area contributed by atoms with Crippen molar-refractivity contribution in [2.24, 2.45) is 7.05 Å². The number of carbonyl (C=O) groups excluding carboxylic acids is 2. The summed E-state index contributed by atoms with van der Waals surface area (Å²) in [5.41, 5.74) is 2.37. The molecule has 0 atom stereocenters. The number of anilines is 1. The highest BCUT2D eigenvalue weighted by Crippen LogP contribution is 2.31. The van der Waals surface area contributed by atoms with Gasteiger partial charge in [-0.3, -0.25) is 19.6 Å². The maximum absolute atomic E-state index is 12.5. The van der Waals surface area contributed by atoms with Gasteiger partial charge in [-0.1, -0.05) is 30.3 Å². The monoisotopic (exact) mass is 367 g/mol. The Hall–Kier alpha value is -3.20. The molecule has 2 N–H and O–H groups in total. The van der Waals surface area contributed by atoms with Gasteiger partial charge in [0, 0.05) is 32.7 Å². The molecule has 4 rings (SSSR count). The predicted octanol–water partition coefficient (Wildman–Crippen LogP) is 0.676. The van der Waals surface area contributed by atoms with E-state index in [4.69, 9.17) is 0 Å². The number of carbonyl (C=O) groups is 2. The summed E-state index contributed by atoms with van der Waals surface area (Å²) in [5.74, 6) is 0.347. The van der Waals surface area contributed by atoms with Gasteiger partial charge in [0.1, 0.15) is 11.5 Å². The van der Waals surface area contributed by atoms with Gasteiger partial charge in [0.15, 0.2) is 5.65 Å². The summed E-state index contributed by atoms with van der Waals surface area (Å²) < 4.78 is 1.68. The van der Waals surface area contributed by atoms with Crippen molar-refractivity contribution >= 4 is 28.7 Å².